The van der Waals surface area contributed by atoms with Crippen molar-refractivity contribution in [3.05, 3.63) is 23.8 Å². The van der Waals surface area contributed by atoms with Crippen molar-refractivity contribution in [3.8, 4) is 0 Å². The molecule has 1 saturated carbocycles. The molecule has 1 fully saturated rings. The van der Waals surface area contributed by atoms with Crippen molar-refractivity contribution >= 4 is 23.1 Å². The van der Waals surface area contributed by atoms with Crippen LogP contribution in [0.5, 0.6) is 0 Å². The van der Waals surface area contributed by atoms with Crippen molar-refractivity contribution in [1.82, 2.24) is 15.3 Å². The average molecular weight is 264 g/mol. The second-order valence-electron chi connectivity index (χ2n) is 4.65. The molecule has 1 aliphatic rings. The number of carbonyl (C=O) groups excluding carboxylic acids is 1. The summed E-state index contributed by atoms with van der Waals surface area (Å²) in [6.45, 7) is 1.82. The summed E-state index contributed by atoms with van der Waals surface area (Å²) in [6.07, 6.45) is 6.68. The van der Waals surface area contributed by atoms with Crippen molar-refractivity contribution in [2.45, 2.75) is 38.1 Å². The molecule has 0 bridgehead atoms. The molecule has 1 aliphatic carbocycles. The number of rotatable bonds is 3. The first kappa shape index (κ1) is 12.9. The third-order valence-corrected chi connectivity index (χ3v) is 3.69. The Kier molecular flexibility index (Phi) is 3.56. The first-order chi connectivity index (χ1) is 8.53. The van der Waals surface area contributed by atoms with Crippen LogP contribution in [0.4, 0.5) is 0 Å². The Balaban J connectivity index is 2.15. The van der Waals surface area contributed by atoms with Crippen molar-refractivity contribution < 1.29 is 4.79 Å². The van der Waals surface area contributed by atoms with Crippen LogP contribution in [-0.2, 0) is 0 Å². The van der Waals surface area contributed by atoms with Gasteiger partial charge in [0.2, 0.25) is 0 Å². The van der Waals surface area contributed by atoms with Crippen LogP contribution in [0.1, 0.15) is 41.9 Å². The van der Waals surface area contributed by atoms with Gasteiger partial charge in [0.25, 0.3) is 5.91 Å². The zero-order chi connectivity index (χ0) is 13.2. The molecule has 6 heteroatoms. The molecule has 0 aliphatic heterocycles. The molecule has 96 valence electrons. The first-order valence-corrected chi connectivity index (χ1v) is 6.35. The van der Waals surface area contributed by atoms with E-state index in [2.05, 4.69) is 15.3 Å². The minimum Gasteiger partial charge on any atom is -0.391 e. The number of hydrogen-bond donors (Lipinski definition) is 2. The molecule has 0 saturated heterocycles. The first-order valence-electron chi connectivity index (χ1n) is 5.94. The number of nitrogens with two attached hydrogens (primary N) is 1. The Bertz CT molecular complexity index is 465. The normalized spacial score (nSPS) is 17.4. The van der Waals surface area contributed by atoms with Gasteiger partial charge in [-0.15, -0.1) is 0 Å². The van der Waals surface area contributed by atoms with Crippen LogP contribution in [0, 0.1) is 6.92 Å². The van der Waals surface area contributed by atoms with Gasteiger partial charge in [0.1, 0.15) is 5.69 Å². The van der Waals surface area contributed by atoms with Gasteiger partial charge in [0.05, 0.1) is 22.4 Å². The maximum absolute atomic E-state index is 12.1. The van der Waals surface area contributed by atoms with E-state index in [-0.39, 0.29) is 5.91 Å². The van der Waals surface area contributed by atoms with Gasteiger partial charge < -0.3 is 11.1 Å². The number of hydrogen-bond acceptors (Lipinski definition) is 4. The van der Waals surface area contributed by atoms with Gasteiger partial charge in [-0.25, -0.2) is 4.98 Å². The van der Waals surface area contributed by atoms with Crippen LogP contribution in [0.15, 0.2) is 12.4 Å². The fraction of sp³-hybridized carbons (Fsp3) is 0.500. The van der Waals surface area contributed by atoms with E-state index >= 15 is 0 Å². The van der Waals surface area contributed by atoms with E-state index in [0.717, 1.165) is 31.4 Å². The number of nitrogens with zero attached hydrogens (tertiary/aromatic N) is 2. The lowest BCUT2D eigenvalue weighted by Crippen LogP contribution is -2.54. The lowest BCUT2D eigenvalue weighted by Gasteiger charge is -2.28. The third-order valence-electron chi connectivity index (χ3n) is 3.30. The number of aryl methyl sites for hydroxylation is 1. The van der Waals surface area contributed by atoms with Crippen molar-refractivity contribution in [2.24, 2.45) is 5.73 Å². The monoisotopic (exact) mass is 264 g/mol. The van der Waals surface area contributed by atoms with Crippen LogP contribution in [0.25, 0.3) is 0 Å². The highest BCUT2D eigenvalue weighted by Gasteiger charge is 2.38. The molecule has 0 radical (unpaired) electrons. The molecule has 0 aromatic carbocycles. The molecule has 1 amide bonds. The van der Waals surface area contributed by atoms with Gasteiger partial charge in [0.15, 0.2) is 0 Å². The van der Waals surface area contributed by atoms with E-state index in [9.17, 15) is 4.79 Å². The Hall–Kier alpha value is -1.56. The highest BCUT2D eigenvalue weighted by molar-refractivity contribution is 7.80. The van der Waals surface area contributed by atoms with E-state index in [4.69, 9.17) is 18.0 Å². The molecule has 0 spiro atoms. The smallest absolute Gasteiger partial charge is 0.272 e. The minimum absolute atomic E-state index is 0.266. The number of aromatic nitrogens is 2. The predicted molar refractivity (Wildman–Crippen MR) is 72.2 cm³/mol. The SMILES string of the molecule is Cc1cnc(C(=O)NC2(C(N)=S)CCCC2)cn1. The maximum Gasteiger partial charge on any atom is 0.272 e. The fourth-order valence-corrected chi connectivity index (χ4v) is 2.46. The largest absolute Gasteiger partial charge is 0.391 e. The standard InChI is InChI=1S/C12H16N4OS/c1-8-6-15-9(7-14-8)10(17)16-12(11(13)18)4-2-3-5-12/h6-7H,2-5H2,1H3,(H2,13,18)(H,16,17). The van der Waals surface area contributed by atoms with Crippen LogP contribution >= 0.6 is 12.2 Å². The topological polar surface area (TPSA) is 80.9 Å². The second kappa shape index (κ2) is 4.97. The zero-order valence-corrected chi connectivity index (χ0v) is 11.1. The van der Waals surface area contributed by atoms with Crippen molar-refractivity contribution in [2.75, 3.05) is 0 Å². The minimum atomic E-state index is -0.543. The number of carbonyl (C=O) groups is 1. The Labute approximate surface area is 111 Å². The quantitative estimate of drug-likeness (QED) is 0.799. The van der Waals surface area contributed by atoms with Gasteiger partial charge in [0, 0.05) is 6.20 Å². The Morgan fingerprint density at radius 2 is 2.06 bits per heavy atom. The van der Waals surface area contributed by atoms with E-state index in [0.29, 0.717) is 10.7 Å². The van der Waals surface area contributed by atoms with E-state index in [1.165, 1.54) is 6.20 Å². The van der Waals surface area contributed by atoms with E-state index in [1.807, 2.05) is 6.92 Å². The molecule has 1 aromatic rings. The van der Waals surface area contributed by atoms with Gasteiger partial charge in [-0.3, -0.25) is 9.78 Å². The molecule has 0 unspecified atom stereocenters. The highest BCUT2D eigenvalue weighted by Crippen LogP contribution is 2.30. The van der Waals surface area contributed by atoms with Crippen LogP contribution in [-0.4, -0.2) is 26.4 Å². The third kappa shape index (κ3) is 2.48. The average Bonchev–Trinajstić information content (AvgIpc) is 2.79. The summed E-state index contributed by atoms with van der Waals surface area (Å²) in [5.41, 5.74) is 6.29. The Morgan fingerprint density at radius 1 is 1.39 bits per heavy atom. The molecular weight excluding hydrogens is 248 g/mol. The summed E-state index contributed by atoms with van der Waals surface area (Å²) in [6, 6.07) is 0. The van der Waals surface area contributed by atoms with Gasteiger partial charge in [-0.2, -0.15) is 0 Å². The summed E-state index contributed by atoms with van der Waals surface area (Å²) >= 11 is 5.08. The van der Waals surface area contributed by atoms with Gasteiger partial charge in [-0.1, -0.05) is 25.1 Å². The molecule has 2 rings (SSSR count). The fourth-order valence-electron chi connectivity index (χ4n) is 2.20. The van der Waals surface area contributed by atoms with Crippen LogP contribution in [0.2, 0.25) is 0 Å². The molecule has 5 nitrogen and oxygen atoms in total. The van der Waals surface area contributed by atoms with Crippen LogP contribution < -0.4 is 11.1 Å². The Morgan fingerprint density at radius 3 is 2.56 bits per heavy atom. The van der Waals surface area contributed by atoms with E-state index in [1.54, 1.807) is 6.20 Å². The van der Waals surface area contributed by atoms with Crippen LogP contribution in [0.3, 0.4) is 0 Å². The lowest BCUT2D eigenvalue weighted by atomic mass is 9.97. The predicted octanol–water partition coefficient (Wildman–Crippen LogP) is 1.11. The van der Waals surface area contributed by atoms with Gasteiger partial charge in [-0.05, 0) is 19.8 Å². The summed E-state index contributed by atoms with van der Waals surface area (Å²) in [5.74, 6) is -0.266. The van der Waals surface area contributed by atoms with Crippen molar-refractivity contribution in [3.63, 3.8) is 0 Å². The summed E-state index contributed by atoms with van der Waals surface area (Å²) in [5, 5.41) is 2.92. The summed E-state index contributed by atoms with van der Waals surface area (Å²) in [4.78, 5) is 20.6. The molecule has 3 N–H and O–H groups in total. The highest BCUT2D eigenvalue weighted by atomic mass is 32.1. The van der Waals surface area contributed by atoms with E-state index < -0.39 is 5.54 Å². The van der Waals surface area contributed by atoms with Crippen molar-refractivity contribution in [1.29, 1.82) is 0 Å². The lowest BCUT2D eigenvalue weighted by molar-refractivity contribution is 0.0919. The number of amides is 1. The summed E-state index contributed by atoms with van der Waals surface area (Å²) < 4.78 is 0. The molecule has 1 heterocycles. The molecule has 1 aromatic heterocycles. The molecule has 18 heavy (non-hydrogen) atoms. The molecule has 0 atom stereocenters. The maximum atomic E-state index is 12.1. The summed E-state index contributed by atoms with van der Waals surface area (Å²) in [7, 11) is 0. The van der Waals surface area contributed by atoms with Gasteiger partial charge >= 0.3 is 0 Å². The second-order valence-corrected chi connectivity index (χ2v) is 5.09. The zero-order valence-electron chi connectivity index (χ0n) is 10.3. The number of thiocarbonyl (C=S) groups is 1. The molecular formula is C12H16N4OS. The number of nitrogens with one attached hydrogen (secondary N) is 1.